The Morgan fingerprint density at radius 1 is 1.20 bits per heavy atom. The van der Waals surface area contributed by atoms with E-state index in [1.54, 1.807) is 23.6 Å². The number of thiophene rings is 1. The highest BCUT2D eigenvalue weighted by molar-refractivity contribution is 7.22. The summed E-state index contributed by atoms with van der Waals surface area (Å²) in [6.45, 7) is 2.00. The first-order valence-corrected chi connectivity index (χ1v) is 9.32. The second-order valence-electron chi connectivity index (χ2n) is 6.52. The number of rotatable bonds is 2. The molecule has 0 unspecified atom stereocenters. The van der Waals surface area contributed by atoms with Crippen LogP contribution in [0.4, 0.5) is 4.39 Å². The van der Waals surface area contributed by atoms with Crippen LogP contribution >= 0.6 is 11.3 Å². The molecule has 4 aromatic heterocycles. The second kappa shape index (κ2) is 5.89. The van der Waals surface area contributed by atoms with Gasteiger partial charge in [-0.1, -0.05) is 0 Å². The number of piperidine rings is 1. The van der Waals surface area contributed by atoms with Crippen molar-refractivity contribution in [3.63, 3.8) is 0 Å². The van der Waals surface area contributed by atoms with Crippen molar-refractivity contribution in [2.75, 3.05) is 13.1 Å². The van der Waals surface area contributed by atoms with Gasteiger partial charge in [-0.15, -0.1) is 11.3 Å². The fourth-order valence-corrected chi connectivity index (χ4v) is 4.56. The maximum atomic E-state index is 14.7. The van der Waals surface area contributed by atoms with Gasteiger partial charge in [-0.3, -0.25) is 4.98 Å². The van der Waals surface area contributed by atoms with Crippen molar-refractivity contribution in [1.29, 1.82) is 0 Å². The SMILES string of the molecule is Fc1cc(-c2cc3ccncc3s2)cn2cc(C3CCNCC3)nc12. The number of halogens is 1. The Balaban J connectivity index is 1.59. The van der Waals surface area contributed by atoms with E-state index in [0.717, 1.165) is 52.2 Å². The molecule has 0 aromatic carbocycles. The zero-order valence-electron chi connectivity index (χ0n) is 13.6. The van der Waals surface area contributed by atoms with Crippen LogP contribution < -0.4 is 5.32 Å². The topological polar surface area (TPSA) is 42.2 Å². The Morgan fingerprint density at radius 3 is 2.92 bits per heavy atom. The lowest BCUT2D eigenvalue weighted by Crippen LogP contribution is -2.26. The standard InChI is InChI=1S/C19H17FN4S/c20-15-7-14(17-8-13-3-6-22-9-18(13)25-17)10-24-11-16(23-19(15)24)12-1-4-21-5-2-12/h3,6-12,21H,1-2,4-5H2. The first kappa shape index (κ1) is 15.0. The number of imidazole rings is 1. The summed E-state index contributed by atoms with van der Waals surface area (Å²) in [5.74, 6) is 0.146. The predicted octanol–water partition coefficient (Wildman–Crippen LogP) is 4.22. The van der Waals surface area contributed by atoms with Gasteiger partial charge in [0.1, 0.15) is 0 Å². The van der Waals surface area contributed by atoms with Crippen molar-refractivity contribution in [1.82, 2.24) is 19.7 Å². The van der Waals surface area contributed by atoms with E-state index in [2.05, 4.69) is 21.4 Å². The van der Waals surface area contributed by atoms with Gasteiger partial charge in [-0.2, -0.15) is 0 Å². The van der Waals surface area contributed by atoms with E-state index in [-0.39, 0.29) is 5.82 Å². The van der Waals surface area contributed by atoms with Crippen LogP contribution in [0.15, 0.2) is 43.0 Å². The van der Waals surface area contributed by atoms with Gasteiger partial charge in [-0.05, 0) is 49.5 Å². The van der Waals surface area contributed by atoms with Gasteiger partial charge < -0.3 is 9.72 Å². The van der Waals surface area contributed by atoms with Crippen LogP contribution in [0.1, 0.15) is 24.5 Å². The molecule has 1 saturated heterocycles. The van der Waals surface area contributed by atoms with E-state index in [4.69, 9.17) is 0 Å². The monoisotopic (exact) mass is 352 g/mol. The van der Waals surface area contributed by atoms with Crippen LogP contribution in [-0.4, -0.2) is 27.5 Å². The molecule has 5 heterocycles. The minimum atomic E-state index is -0.270. The minimum Gasteiger partial charge on any atom is -0.317 e. The number of pyridine rings is 2. The Labute approximate surface area is 148 Å². The molecule has 1 aliphatic heterocycles. The van der Waals surface area contributed by atoms with Gasteiger partial charge in [-0.25, -0.2) is 9.37 Å². The Kier molecular flexibility index (Phi) is 3.53. The molecule has 0 atom stereocenters. The number of hydrogen-bond donors (Lipinski definition) is 1. The van der Waals surface area contributed by atoms with Crippen LogP contribution in [0.5, 0.6) is 0 Å². The van der Waals surface area contributed by atoms with E-state index in [9.17, 15) is 4.39 Å². The highest BCUT2D eigenvalue weighted by atomic mass is 32.1. The highest BCUT2D eigenvalue weighted by Gasteiger charge is 2.19. The molecule has 4 aromatic rings. The summed E-state index contributed by atoms with van der Waals surface area (Å²) in [7, 11) is 0. The summed E-state index contributed by atoms with van der Waals surface area (Å²) < 4.78 is 17.6. The molecule has 1 aliphatic rings. The lowest BCUT2D eigenvalue weighted by Gasteiger charge is -2.20. The summed E-state index contributed by atoms with van der Waals surface area (Å²) in [6, 6.07) is 5.66. The molecule has 0 bridgehead atoms. The molecular weight excluding hydrogens is 335 g/mol. The Morgan fingerprint density at radius 2 is 2.08 bits per heavy atom. The van der Waals surface area contributed by atoms with Gasteiger partial charge in [0.2, 0.25) is 0 Å². The first-order valence-electron chi connectivity index (χ1n) is 8.51. The van der Waals surface area contributed by atoms with Crippen LogP contribution in [0.2, 0.25) is 0 Å². The van der Waals surface area contributed by atoms with Crippen molar-refractivity contribution < 1.29 is 4.39 Å². The molecule has 0 spiro atoms. The van der Waals surface area contributed by atoms with Gasteiger partial charge in [0, 0.05) is 41.1 Å². The molecule has 126 valence electrons. The molecule has 1 fully saturated rings. The van der Waals surface area contributed by atoms with Gasteiger partial charge in [0.25, 0.3) is 0 Å². The third-order valence-electron chi connectivity index (χ3n) is 4.89. The molecule has 0 saturated carbocycles. The summed E-state index contributed by atoms with van der Waals surface area (Å²) >= 11 is 1.63. The second-order valence-corrected chi connectivity index (χ2v) is 7.61. The van der Waals surface area contributed by atoms with E-state index in [1.165, 1.54) is 0 Å². The van der Waals surface area contributed by atoms with E-state index in [0.29, 0.717) is 11.6 Å². The average Bonchev–Trinajstić information content (AvgIpc) is 3.26. The molecule has 4 nitrogen and oxygen atoms in total. The van der Waals surface area contributed by atoms with Crippen molar-refractivity contribution in [3.8, 4) is 10.4 Å². The molecule has 25 heavy (non-hydrogen) atoms. The molecule has 0 aliphatic carbocycles. The molecule has 0 radical (unpaired) electrons. The van der Waals surface area contributed by atoms with Crippen LogP contribution in [0.3, 0.4) is 0 Å². The van der Waals surface area contributed by atoms with Crippen LogP contribution in [0, 0.1) is 5.82 Å². The zero-order valence-corrected chi connectivity index (χ0v) is 14.4. The van der Waals surface area contributed by atoms with Gasteiger partial charge in [0.05, 0.1) is 10.4 Å². The Bertz CT molecular complexity index is 1030. The van der Waals surface area contributed by atoms with Crippen LogP contribution in [-0.2, 0) is 0 Å². The largest absolute Gasteiger partial charge is 0.317 e. The fraction of sp³-hybridized carbons (Fsp3) is 0.263. The quantitative estimate of drug-likeness (QED) is 0.587. The van der Waals surface area contributed by atoms with E-state index < -0.39 is 0 Å². The maximum Gasteiger partial charge on any atom is 0.173 e. The van der Waals surface area contributed by atoms with Gasteiger partial charge in [0.15, 0.2) is 11.5 Å². The number of fused-ring (bicyclic) bond motifs is 2. The zero-order chi connectivity index (χ0) is 16.8. The maximum absolute atomic E-state index is 14.7. The molecule has 5 rings (SSSR count). The smallest absolute Gasteiger partial charge is 0.173 e. The minimum absolute atomic E-state index is 0.270. The number of aromatic nitrogens is 3. The normalized spacial score (nSPS) is 16.0. The van der Waals surface area contributed by atoms with E-state index in [1.807, 2.05) is 29.1 Å². The molecular formula is C19H17FN4S. The number of nitrogens with one attached hydrogen (secondary N) is 1. The third kappa shape index (κ3) is 2.62. The summed E-state index contributed by atoms with van der Waals surface area (Å²) in [4.78, 5) is 9.77. The van der Waals surface area contributed by atoms with Crippen LogP contribution in [0.25, 0.3) is 26.2 Å². The van der Waals surface area contributed by atoms with Crippen molar-refractivity contribution in [2.24, 2.45) is 0 Å². The summed E-state index contributed by atoms with van der Waals surface area (Å²) in [6.07, 6.45) is 9.72. The van der Waals surface area contributed by atoms with Crippen molar-refractivity contribution in [3.05, 3.63) is 54.5 Å². The number of hydrogen-bond acceptors (Lipinski definition) is 4. The van der Waals surface area contributed by atoms with E-state index >= 15 is 0 Å². The Hall–Kier alpha value is -2.31. The molecule has 0 amide bonds. The summed E-state index contributed by atoms with van der Waals surface area (Å²) in [5.41, 5.74) is 2.29. The first-order chi connectivity index (χ1) is 12.3. The number of nitrogens with zero attached hydrogens (tertiary/aromatic N) is 3. The summed E-state index contributed by atoms with van der Waals surface area (Å²) in [5, 5.41) is 4.50. The molecule has 6 heteroatoms. The highest BCUT2D eigenvalue weighted by Crippen LogP contribution is 2.34. The average molecular weight is 352 g/mol. The fourth-order valence-electron chi connectivity index (χ4n) is 3.55. The predicted molar refractivity (Wildman–Crippen MR) is 98.6 cm³/mol. The van der Waals surface area contributed by atoms with Crippen molar-refractivity contribution in [2.45, 2.75) is 18.8 Å². The lowest BCUT2D eigenvalue weighted by molar-refractivity contribution is 0.454. The third-order valence-corrected chi connectivity index (χ3v) is 6.02. The molecule has 1 N–H and O–H groups in total. The lowest BCUT2D eigenvalue weighted by atomic mass is 9.95. The van der Waals surface area contributed by atoms with Crippen molar-refractivity contribution >= 4 is 27.1 Å². The van der Waals surface area contributed by atoms with Gasteiger partial charge >= 0.3 is 0 Å².